The van der Waals surface area contributed by atoms with Crippen molar-refractivity contribution in [2.75, 3.05) is 7.05 Å². The minimum atomic E-state index is 0.506. The predicted molar refractivity (Wildman–Crippen MR) is 49.5 cm³/mol. The van der Waals surface area contributed by atoms with Crippen LogP contribution in [0.2, 0.25) is 0 Å². The molecule has 3 heteroatoms. The van der Waals surface area contributed by atoms with Gasteiger partial charge in [0.15, 0.2) is 0 Å². The molecule has 0 radical (unpaired) electrons. The molecule has 0 aromatic carbocycles. The van der Waals surface area contributed by atoms with Gasteiger partial charge in [0.25, 0.3) is 0 Å². The van der Waals surface area contributed by atoms with E-state index in [4.69, 9.17) is 11.1 Å². The van der Waals surface area contributed by atoms with Crippen molar-refractivity contribution in [1.82, 2.24) is 0 Å². The number of nitrogens with zero attached hydrogens (tertiary/aromatic N) is 1. The van der Waals surface area contributed by atoms with Crippen LogP contribution in [0.5, 0.6) is 0 Å². The summed E-state index contributed by atoms with van der Waals surface area (Å²) in [6.45, 7) is 0. The molecule has 0 bridgehead atoms. The Balaban J connectivity index is 3.07. The molecule has 0 aromatic rings. The average Bonchev–Trinajstić information content (AvgIpc) is 2.05. The zero-order valence-corrected chi connectivity index (χ0v) is 6.83. The third-order valence-corrected chi connectivity index (χ3v) is 1.39. The van der Waals surface area contributed by atoms with E-state index in [1.165, 1.54) is 6.21 Å². The molecule has 4 N–H and O–H groups in total. The van der Waals surface area contributed by atoms with Gasteiger partial charge in [-0.25, -0.2) is 0 Å². The van der Waals surface area contributed by atoms with E-state index in [2.05, 4.69) is 16.8 Å². The fraction of sp³-hybridized carbons (Fsp3) is 0.111. The topological polar surface area (TPSA) is 64.0 Å². The molecule has 60 valence electrons. The number of allylic oxidation sites excluding steroid dienone is 4. The molecule has 12 heavy (non-hydrogen) atoms. The molecule has 0 unspecified atom stereocenters. The maximum atomic E-state index is 5.64. The minimum absolute atomic E-state index is 0.506. The molecular weight excluding hydrogens is 150 g/mol. The molecule has 0 aromatic heterocycles. The Labute approximate surface area is 71.2 Å². The van der Waals surface area contributed by atoms with E-state index in [1.807, 2.05) is 0 Å². The van der Waals surface area contributed by atoms with Gasteiger partial charge in [0.05, 0.1) is 5.70 Å². The summed E-state index contributed by atoms with van der Waals surface area (Å²) in [5.41, 5.74) is 7.39. The van der Waals surface area contributed by atoms with Crippen LogP contribution in [0.1, 0.15) is 0 Å². The first kappa shape index (κ1) is 8.28. The van der Waals surface area contributed by atoms with Crippen molar-refractivity contribution in [2.45, 2.75) is 0 Å². The summed E-state index contributed by atoms with van der Waals surface area (Å²) in [5.74, 6) is 5.59. The molecule has 1 aliphatic rings. The van der Waals surface area contributed by atoms with Crippen LogP contribution in [0, 0.1) is 11.8 Å². The lowest BCUT2D eigenvalue weighted by Crippen LogP contribution is -2.40. The maximum Gasteiger partial charge on any atom is 0.215 e. The second kappa shape index (κ2) is 3.54. The van der Waals surface area contributed by atoms with E-state index in [0.717, 1.165) is 0 Å². The van der Waals surface area contributed by atoms with Crippen LogP contribution < -0.4 is 11.1 Å². The SMILES string of the molecule is CN=CC(N)=C1C#CC=CC1=[NH2+]. The molecule has 0 atom stereocenters. The molecule has 1 rings (SSSR count). The Hall–Kier alpha value is -1.82. The Morgan fingerprint density at radius 2 is 2.50 bits per heavy atom. The first-order chi connectivity index (χ1) is 5.75. The van der Waals surface area contributed by atoms with Gasteiger partial charge in [-0.05, 0) is 6.08 Å². The standard InChI is InChI=1S/C9H9N3/c1-12-6-9(11)7-4-2-3-5-8(7)10/h3,5-6,10H,11H2,1H3/p+1. The smallest absolute Gasteiger partial charge is 0.215 e. The van der Waals surface area contributed by atoms with Gasteiger partial charge >= 0.3 is 0 Å². The average molecular weight is 160 g/mol. The van der Waals surface area contributed by atoms with Gasteiger partial charge in [-0.1, -0.05) is 11.8 Å². The van der Waals surface area contributed by atoms with Gasteiger partial charge < -0.3 is 5.73 Å². The van der Waals surface area contributed by atoms with Gasteiger partial charge in [0.1, 0.15) is 5.57 Å². The van der Waals surface area contributed by atoms with Crippen LogP contribution in [0.4, 0.5) is 0 Å². The summed E-state index contributed by atoms with van der Waals surface area (Å²) in [7, 11) is 1.65. The quantitative estimate of drug-likeness (QED) is 0.362. The Morgan fingerprint density at radius 1 is 1.75 bits per heavy atom. The van der Waals surface area contributed by atoms with Gasteiger partial charge in [0.2, 0.25) is 5.71 Å². The summed E-state index contributed by atoms with van der Waals surface area (Å²) in [4.78, 5) is 3.78. The van der Waals surface area contributed by atoms with Crippen LogP contribution in [0.15, 0.2) is 28.4 Å². The molecule has 0 amide bonds. The summed E-state index contributed by atoms with van der Waals surface area (Å²) in [6, 6.07) is 0. The summed E-state index contributed by atoms with van der Waals surface area (Å²) in [5, 5.41) is 5.64. The highest BCUT2D eigenvalue weighted by Crippen LogP contribution is 2.00. The summed E-state index contributed by atoms with van der Waals surface area (Å²) < 4.78 is 0. The van der Waals surface area contributed by atoms with Gasteiger partial charge in [-0.3, -0.25) is 10.4 Å². The number of hydrogen-bond donors (Lipinski definition) is 2. The Morgan fingerprint density at radius 3 is 3.08 bits per heavy atom. The lowest BCUT2D eigenvalue weighted by molar-refractivity contribution is -0.111. The second-order valence-corrected chi connectivity index (χ2v) is 2.28. The fourth-order valence-corrected chi connectivity index (χ4v) is 0.843. The molecule has 0 saturated heterocycles. The largest absolute Gasteiger partial charge is 0.396 e. The highest BCUT2D eigenvalue weighted by Gasteiger charge is 2.10. The highest BCUT2D eigenvalue weighted by atomic mass is 14.7. The number of hydrogen-bond acceptors (Lipinski definition) is 2. The van der Waals surface area contributed by atoms with Crippen LogP contribution >= 0.6 is 0 Å². The van der Waals surface area contributed by atoms with Crippen molar-refractivity contribution < 1.29 is 5.41 Å². The zero-order valence-electron chi connectivity index (χ0n) is 6.83. The minimum Gasteiger partial charge on any atom is -0.396 e. The molecular formula is C9H10N3+. The second-order valence-electron chi connectivity index (χ2n) is 2.28. The van der Waals surface area contributed by atoms with Gasteiger partial charge in [-0.2, -0.15) is 0 Å². The van der Waals surface area contributed by atoms with Crippen molar-refractivity contribution >= 4 is 11.9 Å². The first-order valence-electron chi connectivity index (χ1n) is 3.48. The van der Waals surface area contributed by atoms with E-state index in [1.54, 1.807) is 19.2 Å². The summed E-state index contributed by atoms with van der Waals surface area (Å²) >= 11 is 0. The van der Waals surface area contributed by atoms with E-state index in [9.17, 15) is 0 Å². The fourth-order valence-electron chi connectivity index (χ4n) is 0.843. The van der Waals surface area contributed by atoms with E-state index < -0.39 is 0 Å². The van der Waals surface area contributed by atoms with E-state index in [0.29, 0.717) is 17.0 Å². The van der Waals surface area contributed by atoms with Crippen molar-refractivity contribution in [3.8, 4) is 11.8 Å². The lowest BCUT2D eigenvalue weighted by Gasteiger charge is -1.97. The molecule has 3 nitrogen and oxygen atoms in total. The van der Waals surface area contributed by atoms with Gasteiger partial charge in [0, 0.05) is 19.3 Å². The predicted octanol–water partition coefficient (Wildman–Crippen LogP) is -1.33. The number of rotatable bonds is 1. The van der Waals surface area contributed by atoms with E-state index >= 15 is 0 Å². The van der Waals surface area contributed by atoms with Crippen molar-refractivity contribution in [3.05, 3.63) is 23.4 Å². The maximum absolute atomic E-state index is 5.64. The highest BCUT2D eigenvalue weighted by molar-refractivity contribution is 6.12. The molecule has 0 heterocycles. The third-order valence-electron chi connectivity index (χ3n) is 1.39. The summed E-state index contributed by atoms with van der Waals surface area (Å²) in [6.07, 6.45) is 4.95. The molecule has 0 aliphatic heterocycles. The van der Waals surface area contributed by atoms with Crippen LogP contribution in [-0.2, 0) is 0 Å². The number of aliphatic imine (C=N–C) groups is 1. The zero-order chi connectivity index (χ0) is 8.97. The third kappa shape index (κ3) is 1.61. The van der Waals surface area contributed by atoms with Crippen LogP contribution in [0.25, 0.3) is 0 Å². The van der Waals surface area contributed by atoms with Crippen molar-refractivity contribution in [1.29, 1.82) is 0 Å². The van der Waals surface area contributed by atoms with E-state index in [-0.39, 0.29) is 0 Å². The molecule has 0 fully saturated rings. The van der Waals surface area contributed by atoms with Crippen molar-refractivity contribution in [3.63, 3.8) is 0 Å². The molecule has 0 spiro atoms. The number of nitrogens with two attached hydrogens (primary N) is 2. The Kier molecular flexibility index (Phi) is 2.44. The molecule has 1 aliphatic carbocycles. The monoisotopic (exact) mass is 160 g/mol. The van der Waals surface area contributed by atoms with Crippen LogP contribution in [-0.4, -0.2) is 19.0 Å². The van der Waals surface area contributed by atoms with Gasteiger partial charge in [-0.15, -0.1) is 0 Å². The normalized spacial score (nSPS) is 19.2. The van der Waals surface area contributed by atoms with Crippen molar-refractivity contribution in [2.24, 2.45) is 10.7 Å². The first-order valence-corrected chi connectivity index (χ1v) is 3.48. The van der Waals surface area contributed by atoms with Crippen LogP contribution in [0.3, 0.4) is 0 Å². The Bertz CT molecular complexity index is 348. The lowest BCUT2D eigenvalue weighted by atomic mass is 10.1. The molecule has 0 saturated carbocycles.